The molecular formula is C17H17N3O2. The van der Waals surface area contributed by atoms with Crippen molar-refractivity contribution in [2.45, 2.75) is 6.42 Å². The number of H-pyrrole nitrogens is 2. The molecule has 0 amide bonds. The van der Waals surface area contributed by atoms with Gasteiger partial charge in [0, 0.05) is 18.8 Å². The average molecular weight is 295 g/mol. The summed E-state index contributed by atoms with van der Waals surface area (Å²) in [7, 11) is 0. The van der Waals surface area contributed by atoms with Crippen molar-refractivity contribution >= 4 is 16.5 Å². The number of aromatic nitrogens is 2. The second-order valence-electron chi connectivity index (χ2n) is 6.82. The minimum atomic E-state index is -0.248. The molecule has 5 nitrogen and oxygen atoms in total. The molecule has 0 radical (unpaired) electrons. The van der Waals surface area contributed by atoms with Gasteiger partial charge in [0.05, 0.1) is 10.8 Å². The van der Waals surface area contributed by atoms with Crippen LogP contribution in [0.25, 0.3) is 10.8 Å². The number of rotatable bonds is 1. The summed E-state index contributed by atoms with van der Waals surface area (Å²) in [6, 6.07) is 5.59. The summed E-state index contributed by atoms with van der Waals surface area (Å²) in [5.41, 5.74) is 0.566. The Morgan fingerprint density at radius 2 is 1.55 bits per heavy atom. The van der Waals surface area contributed by atoms with E-state index in [-0.39, 0.29) is 11.1 Å². The monoisotopic (exact) mass is 295 g/mol. The fraction of sp³-hybridized carbons (Fsp3) is 0.412. The first-order chi connectivity index (χ1) is 10.7. The van der Waals surface area contributed by atoms with E-state index >= 15 is 0 Å². The molecule has 1 aromatic carbocycles. The van der Waals surface area contributed by atoms with Crippen LogP contribution < -0.4 is 16.0 Å². The molecule has 1 aromatic heterocycles. The summed E-state index contributed by atoms with van der Waals surface area (Å²) >= 11 is 0. The number of hydrogen-bond donors (Lipinski definition) is 2. The number of nitrogens with zero attached hydrogens (tertiary/aromatic N) is 1. The summed E-state index contributed by atoms with van der Waals surface area (Å²) in [5, 5.41) is 5.70. The van der Waals surface area contributed by atoms with Crippen LogP contribution in [0, 0.1) is 23.7 Å². The van der Waals surface area contributed by atoms with Crippen molar-refractivity contribution in [3.05, 3.63) is 51.1 Å². The van der Waals surface area contributed by atoms with Crippen LogP contribution in [0.4, 0.5) is 5.69 Å². The van der Waals surface area contributed by atoms with Gasteiger partial charge in [0.15, 0.2) is 0 Å². The summed E-state index contributed by atoms with van der Waals surface area (Å²) < 4.78 is 0. The van der Waals surface area contributed by atoms with Crippen LogP contribution in [0.2, 0.25) is 0 Å². The number of nitrogens with one attached hydrogen (secondary N) is 2. The van der Waals surface area contributed by atoms with Gasteiger partial charge < -0.3 is 4.90 Å². The minimum Gasteiger partial charge on any atom is -0.371 e. The van der Waals surface area contributed by atoms with Gasteiger partial charge in [0.2, 0.25) is 0 Å². The normalized spacial score (nSPS) is 32.1. The predicted octanol–water partition coefficient (Wildman–Crippen LogP) is 1.47. The Kier molecular flexibility index (Phi) is 2.30. The second-order valence-corrected chi connectivity index (χ2v) is 6.82. The highest BCUT2D eigenvalue weighted by Gasteiger charge is 2.49. The third kappa shape index (κ3) is 1.54. The molecule has 1 aliphatic heterocycles. The number of aromatic amines is 2. The fourth-order valence-corrected chi connectivity index (χ4v) is 4.73. The summed E-state index contributed by atoms with van der Waals surface area (Å²) in [6.45, 7) is 2.12. The third-order valence-electron chi connectivity index (χ3n) is 5.81. The molecule has 1 saturated carbocycles. The lowest BCUT2D eigenvalue weighted by Crippen LogP contribution is -2.23. The van der Waals surface area contributed by atoms with E-state index in [4.69, 9.17) is 0 Å². The number of allylic oxidation sites excluding steroid dienone is 2. The van der Waals surface area contributed by atoms with Crippen LogP contribution in [0.15, 0.2) is 39.9 Å². The quantitative estimate of drug-likeness (QED) is 0.783. The van der Waals surface area contributed by atoms with Crippen molar-refractivity contribution in [2.24, 2.45) is 23.7 Å². The lowest BCUT2D eigenvalue weighted by Gasteiger charge is -2.21. The molecule has 2 aliphatic carbocycles. The van der Waals surface area contributed by atoms with E-state index in [1.807, 2.05) is 12.1 Å². The topological polar surface area (TPSA) is 69.0 Å². The van der Waals surface area contributed by atoms with Crippen molar-refractivity contribution < 1.29 is 0 Å². The maximum atomic E-state index is 12.0. The van der Waals surface area contributed by atoms with Gasteiger partial charge in [-0.05, 0) is 48.3 Å². The highest BCUT2D eigenvalue weighted by molar-refractivity contribution is 5.84. The molecule has 22 heavy (non-hydrogen) atoms. The molecule has 0 spiro atoms. The largest absolute Gasteiger partial charge is 0.371 e. The highest BCUT2D eigenvalue weighted by atomic mass is 16.1. The van der Waals surface area contributed by atoms with E-state index in [9.17, 15) is 9.59 Å². The lowest BCUT2D eigenvalue weighted by molar-refractivity contribution is 0.395. The summed E-state index contributed by atoms with van der Waals surface area (Å²) in [5.74, 6) is 2.99. The molecule has 4 unspecified atom stereocenters. The van der Waals surface area contributed by atoms with Crippen molar-refractivity contribution in [3.63, 3.8) is 0 Å². The van der Waals surface area contributed by atoms with Gasteiger partial charge in [0.25, 0.3) is 11.1 Å². The van der Waals surface area contributed by atoms with Crippen LogP contribution in [0.1, 0.15) is 6.42 Å². The number of benzene rings is 1. The molecule has 2 aromatic rings. The van der Waals surface area contributed by atoms with Gasteiger partial charge in [-0.1, -0.05) is 12.2 Å². The van der Waals surface area contributed by atoms with Crippen LogP contribution in [-0.4, -0.2) is 23.3 Å². The minimum absolute atomic E-state index is 0.238. The van der Waals surface area contributed by atoms with Crippen LogP contribution in [0.3, 0.4) is 0 Å². The zero-order valence-corrected chi connectivity index (χ0v) is 12.1. The van der Waals surface area contributed by atoms with E-state index in [0.29, 0.717) is 10.8 Å². The Balaban J connectivity index is 1.55. The maximum absolute atomic E-state index is 12.0. The molecule has 3 aliphatic rings. The van der Waals surface area contributed by atoms with E-state index in [1.54, 1.807) is 6.07 Å². The first kappa shape index (κ1) is 12.3. The highest BCUT2D eigenvalue weighted by Crippen LogP contribution is 2.51. The molecule has 1 saturated heterocycles. The molecular weight excluding hydrogens is 278 g/mol. The summed E-state index contributed by atoms with van der Waals surface area (Å²) in [6.07, 6.45) is 6.11. The Bertz CT molecular complexity index is 890. The number of hydrogen-bond acceptors (Lipinski definition) is 3. The second kappa shape index (κ2) is 4.12. The zero-order valence-electron chi connectivity index (χ0n) is 12.1. The molecule has 112 valence electrons. The van der Waals surface area contributed by atoms with Gasteiger partial charge in [-0.15, -0.1) is 0 Å². The van der Waals surface area contributed by atoms with Crippen LogP contribution in [0.5, 0.6) is 0 Å². The van der Waals surface area contributed by atoms with Gasteiger partial charge >= 0.3 is 0 Å². The van der Waals surface area contributed by atoms with Crippen molar-refractivity contribution in [2.75, 3.05) is 18.0 Å². The van der Waals surface area contributed by atoms with Crippen LogP contribution in [-0.2, 0) is 0 Å². The van der Waals surface area contributed by atoms with E-state index in [2.05, 4.69) is 27.2 Å². The molecule has 5 rings (SSSR count). The van der Waals surface area contributed by atoms with Gasteiger partial charge in [-0.2, -0.15) is 0 Å². The van der Waals surface area contributed by atoms with Gasteiger partial charge in [-0.25, -0.2) is 0 Å². The Labute approximate surface area is 126 Å². The predicted molar refractivity (Wildman–Crippen MR) is 85.1 cm³/mol. The van der Waals surface area contributed by atoms with Crippen LogP contribution >= 0.6 is 0 Å². The first-order valence-electron chi connectivity index (χ1n) is 7.89. The first-order valence-corrected chi connectivity index (χ1v) is 7.89. The van der Waals surface area contributed by atoms with Gasteiger partial charge in [0.1, 0.15) is 0 Å². The molecule has 2 fully saturated rings. The number of anilines is 1. The third-order valence-corrected chi connectivity index (χ3v) is 5.81. The Morgan fingerprint density at radius 3 is 2.23 bits per heavy atom. The smallest absolute Gasteiger partial charge is 0.270 e. The summed E-state index contributed by atoms with van der Waals surface area (Å²) in [4.78, 5) is 26.1. The van der Waals surface area contributed by atoms with Gasteiger partial charge in [-0.3, -0.25) is 19.8 Å². The molecule has 5 heteroatoms. The molecule has 2 bridgehead atoms. The molecule has 2 heterocycles. The molecule has 4 atom stereocenters. The fourth-order valence-electron chi connectivity index (χ4n) is 4.73. The van der Waals surface area contributed by atoms with E-state index in [0.717, 1.165) is 42.4 Å². The lowest BCUT2D eigenvalue weighted by atomic mass is 9.86. The van der Waals surface area contributed by atoms with Crippen molar-refractivity contribution in [1.29, 1.82) is 0 Å². The average Bonchev–Trinajstić information content (AvgIpc) is 3.22. The SMILES string of the molecule is O=c1[nH][nH]c(=O)c2cc(N3CC4C5C=CC(C5)C4C3)ccc12. The Morgan fingerprint density at radius 1 is 0.909 bits per heavy atom. The maximum Gasteiger partial charge on any atom is 0.270 e. The van der Waals surface area contributed by atoms with E-state index in [1.165, 1.54) is 6.42 Å². The Hall–Kier alpha value is -2.30. The number of fused-ring (bicyclic) bond motifs is 6. The molecule has 2 N–H and O–H groups in total. The van der Waals surface area contributed by atoms with E-state index < -0.39 is 0 Å². The zero-order chi connectivity index (χ0) is 14.8. The van der Waals surface area contributed by atoms with Crippen molar-refractivity contribution in [3.8, 4) is 0 Å². The van der Waals surface area contributed by atoms with Crippen molar-refractivity contribution in [1.82, 2.24) is 10.2 Å². The standard InChI is InChI=1S/C17H17N3O2/c21-16-12-4-3-11(6-13(12)17(22)19-18-16)20-7-14-9-1-2-10(5-9)15(14)8-20/h1-4,6,9-10,14-15H,5,7-8H2,(H,18,21)(H,19,22).